The Balaban J connectivity index is 1.56. The highest BCUT2D eigenvalue weighted by molar-refractivity contribution is 5.93. The number of H-pyrrole nitrogens is 1. The van der Waals surface area contributed by atoms with Gasteiger partial charge in [0.1, 0.15) is 11.5 Å². The Labute approximate surface area is 144 Å². The monoisotopic (exact) mass is 337 g/mol. The molecule has 1 N–H and O–H groups in total. The van der Waals surface area contributed by atoms with E-state index >= 15 is 0 Å². The van der Waals surface area contributed by atoms with Crippen molar-refractivity contribution < 1.29 is 4.79 Å². The van der Waals surface area contributed by atoms with Crippen LogP contribution < -0.4 is 0 Å². The van der Waals surface area contributed by atoms with Gasteiger partial charge in [0.15, 0.2) is 0 Å². The second-order valence-corrected chi connectivity index (χ2v) is 6.21. The molecule has 0 aromatic carbocycles. The number of aromatic nitrogens is 6. The summed E-state index contributed by atoms with van der Waals surface area (Å²) in [6.07, 6.45) is 4.37. The molecule has 128 valence electrons. The first-order chi connectivity index (χ1) is 12.1. The number of fused-ring (bicyclic) bond motifs is 1. The Bertz CT molecular complexity index is 956. The average molecular weight is 337 g/mol. The Morgan fingerprint density at radius 2 is 2.16 bits per heavy atom. The van der Waals surface area contributed by atoms with Crippen LogP contribution in [0.3, 0.4) is 0 Å². The Morgan fingerprint density at radius 3 is 2.88 bits per heavy atom. The number of amides is 1. The molecule has 0 radical (unpaired) electrons. The van der Waals surface area contributed by atoms with E-state index in [1.165, 1.54) is 0 Å². The molecule has 0 aliphatic carbocycles. The van der Waals surface area contributed by atoms with Crippen molar-refractivity contribution in [3.8, 4) is 11.3 Å². The zero-order valence-corrected chi connectivity index (χ0v) is 14.4. The van der Waals surface area contributed by atoms with Crippen molar-refractivity contribution >= 4 is 5.91 Å². The molecule has 1 aliphatic rings. The fraction of sp³-hybridized carbons (Fsp3) is 0.353. The summed E-state index contributed by atoms with van der Waals surface area (Å²) in [6.45, 7) is 5.02. The molecule has 4 rings (SSSR count). The number of carbonyl (C=O) groups is 1. The van der Waals surface area contributed by atoms with Crippen LogP contribution in [0.1, 0.15) is 40.2 Å². The molecule has 0 unspecified atom stereocenters. The number of carbonyl (C=O) groups excluding carboxylic acids is 1. The average Bonchev–Trinajstić information content (AvgIpc) is 3.33. The first-order valence-electron chi connectivity index (χ1n) is 8.24. The minimum Gasteiger partial charge on any atom is -0.327 e. The van der Waals surface area contributed by atoms with Crippen LogP contribution in [0.4, 0.5) is 0 Å². The third kappa shape index (κ3) is 2.59. The van der Waals surface area contributed by atoms with Crippen molar-refractivity contribution in [3.05, 3.63) is 46.9 Å². The van der Waals surface area contributed by atoms with Crippen molar-refractivity contribution in [1.29, 1.82) is 0 Å². The molecule has 0 saturated heterocycles. The summed E-state index contributed by atoms with van der Waals surface area (Å²) in [5, 5.41) is 11.3. The maximum absolute atomic E-state index is 12.8. The number of rotatable bonds is 3. The molecule has 25 heavy (non-hydrogen) atoms. The van der Waals surface area contributed by atoms with Crippen LogP contribution in [0, 0.1) is 6.92 Å². The number of hydrogen-bond donors (Lipinski definition) is 1. The highest BCUT2D eigenvalue weighted by atomic mass is 16.2. The van der Waals surface area contributed by atoms with Gasteiger partial charge in [-0.05, 0) is 13.0 Å². The molecule has 0 bridgehead atoms. The Hall–Kier alpha value is -3.03. The molecule has 4 heterocycles. The van der Waals surface area contributed by atoms with Crippen LogP contribution in [0.15, 0.2) is 18.5 Å². The van der Waals surface area contributed by atoms with Gasteiger partial charge in [-0.2, -0.15) is 10.2 Å². The molecule has 3 aromatic heterocycles. The number of hydrogen-bond acceptors (Lipinski definition) is 5. The molecule has 8 nitrogen and oxygen atoms in total. The van der Waals surface area contributed by atoms with E-state index in [1.807, 2.05) is 27.1 Å². The van der Waals surface area contributed by atoms with E-state index in [-0.39, 0.29) is 5.91 Å². The van der Waals surface area contributed by atoms with Crippen LogP contribution in [0.5, 0.6) is 0 Å². The summed E-state index contributed by atoms with van der Waals surface area (Å²) in [7, 11) is 1.88. The number of nitrogens with one attached hydrogen (secondary N) is 1. The molecule has 1 aliphatic heterocycles. The lowest BCUT2D eigenvalue weighted by atomic mass is 10.2. The molecule has 0 atom stereocenters. The fourth-order valence-corrected chi connectivity index (χ4v) is 3.00. The lowest BCUT2D eigenvalue weighted by Crippen LogP contribution is -2.25. The van der Waals surface area contributed by atoms with Crippen LogP contribution >= 0.6 is 0 Å². The Kier molecular flexibility index (Phi) is 3.60. The maximum atomic E-state index is 12.8. The second kappa shape index (κ2) is 5.80. The van der Waals surface area contributed by atoms with E-state index in [2.05, 4.69) is 25.3 Å². The Morgan fingerprint density at radius 1 is 1.32 bits per heavy atom. The van der Waals surface area contributed by atoms with Gasteiger partial charge in [0.2, 0.25) is 0 Å². The number of aryl methyl sites for hydroxylation is 2. The summed E-state index contributed by atoms with van der Waals surface area (Å²) in [6, 6.07) is 1.78. The van der Waals surface area contributed by atoms with E-state index in [0.717, 1.165) is 40.5 Å². The maximum Gasteiger partial charge on any atom is 0.272 e. The van der Waals surface area contributed by atoms with E-state index in [9.17, 15) is 4.79 Å². The van der Waals surface area contributed by atoms with E-state index in [4.69, 9.17) is 0 Å². The van der Waals surface area contributed by atoms with Crippen LogP contribution in [-0.2, 0) is 26.6 Å². The highest BCUT2D eigenvalue weighted by Crippen LogP contribution is 2.25. The van der Waals surface area contributed by atoms with Gasteiger partial charge >= 0.3 is 0 Å². The van der Waals surface area contributed by atoms with Gasteiger partial charge in [-0.3, -0.25) is 14.6 Å². The van der Waals surface area contributed by atoms with Crippen molar-refractivity contribution in [2.45, 2.75) is 33.4 Å². The van der Waals surface area contributed by atoms with E-state index in [1.54, 1.807) is 21.8 Å². The first-order valence-corrected chi connectivity index (χ1v) is 8.24. The van der Waals surface area contributed by atoms with Crippen LogP contribution in [0.25, 0.3) is 11.3 Å². The summed E-state index contributed by atoms with van der Waals surface area (Å²) in [5.74, 6) is 0.722. The number of nitrogens with zero attached hydrogens (tertiary/aromatic N) is 6. The van der Waals surface area contributed by atoms with Crippen molar-refractivity contribution in [1.82, 2.24) is 34.8 Å². The van der Waals surface area contributed by atoms with Gasteiger partial charge in [0.25, 0.3) is 5.91 Å². The third-order valence-corrected chi connectivity index (χ3v) is 4.63. The molecule has 8 heteroatoms. The quantitative estimate of drug-likeness (QED) is 0.784. The lowest BCUT2D eigenvalue weighted by molar-refractivity contribution is 0.0744. The largest absolute Gasteiger partial charge is 0.327 e. The molecule has 0 saturated carbocycles. The molecular weight excluding hydrogens is 318 g/mol. The molecule has 3 aromatic rings. The molecular formula is C17H19N7O. The van der Waals surface area contributed by atoms with Crippen molar-refractivity contribution in [3.63, 3.8) is 0 Å². The molecule has 0 spiro atoms. The van der Waals surface area contributed by atoms with E-state index in [0.29, 0.717) is 18.8 Å². The smallest absolute Gasteiger partial charge is 0.272 e. The number of aromatic amines is 1. The zero-order valence-electron chi connectivity index (χ0n) is 14.4. The van der Waals surface area contributed by atoms with Crippen LogP contribution in [0.2, 0.25) is 0 Å². The van der Waals surface area contributed by atoms with E-state index < -0.39 is 0 Å². The summed E-state index contributed by atoms with van der Waals surface area (Å²) < 4.78 is 1.78. The van der Waals surface area contributed by atoms with Crippen molar-refractivity contribution in [2.24, 2.45) is 7.05 Å². The lowest BCUT2D eigenvalue weighted by Gasteiger charge is -2.13. The third-order valence-electron chi connectivity index (χ3n) is 4.63. The predicted octanol–water partition coefficient (Wildman–Crippen LogP) is 1.63. The minimum absolute atomic E-state index is 0.0867. The SMILES string of the molecule is CCc1ncc2c(n1)CN(C(=O)c1cc(-c3cnn(C)c3C)n[nH]1)C2. The summed E-state index contributed by atoms with van der Waals surface area (Å²) in [5.41, 5.74) is 5.05. The van der Waals surface area contributed by atoms with Gasteiger partial charge < -0.3 is 4.90 Å². The van der Waals surface area contributed by atoms with Gasteiger partial charge in [0, 0.05) is 43.0 Å². The fourth-order valence-electron chi connectivity index (χ4n) is 3.00. The minimum atomic E-state index is -0.0867. The normalized spacial score (nSPS) is 13.3. The topological polar surface area (TPSA) is 92.6 Å². The predicted molar refractivity (Wildman–Crippen MR) is 90.5 cm³/mol. The van der Waals surface area contributed by atoms with Gasteiger partial charge in [-0.15, -0.1) is 0 Å². The zero-order chi connectivity index (χ0) is 17.6. The van der Waals surface area contributed by atoms with Gasteiger partial charge in [-0.1, -0.05) is 6.92 Å². The first kappa shape index (κ1) is 15.5. The van der Waals surface area contributed by atoms with Gasteiger partial charge in [-0.25, -0.2) is 9.97 Å². The molecule has 1 amide bonds. The summed E-state index contributed by atoms with van der Waals surface area (Å²) >= 11 is 0. The molecule has 0 fully saturated rings. The standard InChI is InChI=1S/C17H19N7O/c1-4-16-18-6-11-8-24(9-15(11)20-16)17(25)14-5-13(21-22-14)12-7-19-23(3)10(12)2/h5-7H,4,8-9H2,1-3H3,(H,21,22). The second-order valence-electron chi connectivity index (χ2n) is 6.21. The van der Waals surface area contributed by atoms with Crippen molar-refractivity contribution in [2.75, 3.05) is 0 Å². The summed E-state index contributed by atoms with van der Waals surface area (Å²) in [4.78, 5) is 23.4. The van der Waals surface area contributed by atoms with Gasteiger partial charge in [0.05, 0.1) is 24.1 Å². The highest BCUT2D eigenvalue weighted by Gasteiger charge is 2.27. The van der Waals surface area contributed by atoms with Crippen LogP contribution in [-0.4, -0.2) is 40.8 Å².